The first-order valence-electron chi connectivity index (χ1n) is 5.44. The molecule has 4 nitrogen and oxygen atoms in total. The van der Waals surface area contributed by atoms with Crippen LogP contribution in [0.5, 0.6) is 0 Å². The number of ether oxygens (including phenoxy) is 1. The molecule has 0 aliphatic carbocycles. The number of aromatic amines is 1. The van der Waals surface area contributed by atoms with Crippen LogP contribution in [0.2, 0.25) is 0 Å². The molecule has 1 saturated heterocycles. The number of halogens is 2. The van der Waals surface area contributed by atoms with Gasteiger partial charge in [0.05, 0.1) is 23.3 Å². The highest BCUT2D eigenvalue weighted by Crippen LogP contribution is 2.31. The number of hydrogen-bond donors (Lipinski definition) is 1. The fourth-order valence-electron chi connectivity index (χ4n) is 2.24. The zero-order chi connectivity index (χ0) is 11.0. The molecule has 1 aromatic carbocycles. The molecule has 0 saturated carbocycles. The zero-order valence-electron chi connectivity index (χ0n) is 9.59. The van der Waals surface area contributed by atoms with E-state index in [4.69, 9.17) is 4.74 Å². The molecule has 0 bridgehead atoms. The minimum absolute atomic E-state index is 0. The Hall–Kier alpha value is -1.10. The Bertz CT molecular complexity index is 574. The molecular weight excluding hydrogens is 275 g/mol. The van der Waals surface area contributed by atoms with Gasteiger partial charge < -0.3 is 9.72 Å². The van der Waals surface area contributed by atoms with Gasteiger partial charge in [0.2, 0.25) is 0 Å². The Morgan fingerprint density at radius 3 is 2.89 bits per heavy atom. The van der Waals surface area contributed by atoms with Crippen LogP contribution in [-0.4, -0.2) is 16.6 Å². The van der Waals surface area contributed by atoms with Gasteiger partial charge in [0, 0.05) is 6.61 Å². The number of benzene rings is 1. The van der Waals surface area contributed by atoms with Crippen molar-refractivity contribution in [3.63, 3.8) is 0 Å². The summed E-state index contributed by atoms with van der Waals surface area (Å²) in [6.45, 7) is 0.777. The van der Waals surface area contributed by atoms with E-state index in [-0.39, 0.29) is 36.5 Å². The molecule has 1 unspecified atom stereocenters. The van der Waals surface area contributed by atoms with Crippen LogP contribution in [-0.2, 0) is 4.74 Å². The molecule has 1 aliphatic heterocycles. The van der Waals surface area contributed by atoms with Gasteiger partial charge in [-0.1, -0.05) is 12.1 Å². The first-order valence-corrected chi connectivity index (χ1v) is 5.44. The fourth-order valence-corrected chi connectivity index (χ4v) is 2.24. The van der Waals surface area contributed by atoms with E-state index in [0.717, 1.165) is 30.5 Å². The SMILES string of the molecule is Cl.Cl.O=c1[nH]cnc2cccc(C3CCCO3)c12. The number of H-pyrrole nitrogens is 1. The van der Waals surface area contributed by atoms with Crippen LogP contribution < -0.4 is 5.56 Å². The average Bonchev–Trinajstić information content (AvgIpc) is 2.82. The normalized spacial score (nSPS) is 18.1. The molecule has 2 heterocycles. The molecule has 0 spiro atoms. The number of hydrogen-bond acceptors (Lipinski definition) is 3. The molecule has 1 aliphatic rings. The fraction of sp³-hybridized carbons (Fsp3) is 0.333. The Morgan fingerprint density at radius 1 is 1.33 bits per heavy atom. The third-order valence-electron chi connectivity index (χ3n) is 2.98. The Labute approximate surface area is 117 Å². The second-order valence-corrected chi connectivity index (χ2v) is 3.97. The molecule has 98 valence electrons. The van der Waals surface area contributed by atoms with Crippen LogP contribution in [0.25, 0.3) is 10.9 Å². The van der Waals surface area contributed by atoms with Gasteiger partial charge in [-0.15, -0.1) is 24.8 Å². The lowest BCUT2D eigenvalue weighted by Crippen LogP contribution is -2.10. The number of fused-ring (bicyclic) bond motifs is 1. The van der Waals surface area contributed by atoms with Gasteiger partial charge in [-0.05, 0) is 24.5 Å². The zero-order valence-corrected chi connectivity index (χ0v) is 11.2. The lowest BCUT2D eigenvalue weighted by atomic mass is 10.0. The quantitative estimate of drug-likeness (QED) is 0.878. The van der Waals surface area contributed by atoms with E-state index < -0.39 is 0 Å². The topological polar surface area (TPSA) is 55.0 Å². The monoisotopic (exact) mass is 288 g/mol. The smallest absolute Gasteiger partial charge is 0.258 e. The number of nitrogens with one attached hydrogen (secondary N) is 1. The van der Waals surface area contributed by atoms with Gasteiger partial charge in [0.15, 0.2) is 0 Å². The van der Waals surface area contributed by atoms with Gasteiger partial charge in [-0.3, -0.25) is 4.79 Å². The van der Waals surface area contributed by atoms with Crippen molar-refractivity contribution >= 4 is 35.7 Å². The molecular formula is C12H14Cl2N2O2. The summed E-state index contributed by atoms with van der Waals surface area (Å²) in [5.41, 5.74) is 1.61. The largest absolute Gasteiger partial charge is 0.374 e. The van der Waals surface area contributed by atoms with Gasteiger partial charge in [-0.2, -0.15) is 0 Å². The van der Waals surface area contributed by atoms with Crippen molar-refractivity contribution in [3.05, 3.63) is 40.4 Å². The van der Waals surface area contributed by atoms with Gasteiger partial charge in [0.1, 0.15) is 0 Å². The van der Waals surface area contributed by atoms with Crippen LogP contribution in [0.4, 0.5) is 0 Å². The van der Waals surface area contributed by atoms with Crippen LogP contribution >= 0.6 is 24.8 Å². The minimum atomic E-state index is -0.0869. The van der Waals surface area contributed by atoms with Crippen molar-refractivity contribution in [1.29, 1.82) is 0 Å². The molecule has 6 heteroatoms. The van der Waals surface area contributed by atoms with Gasteiger partial charge >= 0.3 is 0 Å². The van der Waals surface area contributed by atoms with Crippen molar-refractivity contribution in [2.45, 2.75) is 18.9 Å². The summed E-state index contributed by atoms with van der Waals surface area (Å²) < 4.78 is 5.62. The predicted octanol–water partition coefficient (Wildman–Crippen LogP) is 2.62. The third kappa shape index (κ3) is 2.51. The molecule has 0 radical (unpaired) electrons. The lowest BCUT2D eigenvalue weighted by molar-refractivity contribution is 0.113. The summed E-state index contributed by atoms with van der Waals surface area (Å²) in [6.07, 6.45) is 3.52. The van der Waals surface area contributed by atoms with E-state index >= 15 is 0 Å². The van der Waals surface area contributed by atoms with Crippen LogP contribution in [0, 0.1) is 0 Å². The molecule has 1 atom stereocenters. The van der Waals surface area contributed by atoms with Crippen molar-refractivity contribution < 1.29 is 4.74 Å². The summed E-state index contributed by atoms with van der Waals surface area (Å²) in [7, 11) is 0. The molecule has 0 amide bonds. The van der Waals surface area contributed by atoms with E-state index in [0.29, 0.717) is 5.39 Å². The molecule has 3 rings (SSSR count). The highest BCUT2D eigenvalue weighted by molar-refractivity contribution is 5.85. The minimum Gasteiger partial charge on any atom is -0.374 e. The molecule has 2 aromatic rings. The van der Waals surface area contributed by atoms with Crippen LogP contribution in [0.3, 0.4) is 0 Å². The van der Waals surface area contributed by atoms with Gasteiger partial charge in [-0.25, -0.2) is 4.98 Å². The van der Waals surface area contributed by atoms with Crippen LogP contribution in [0.1, 0.15) is 24.5 Å². The molecule has 1 aromatic heterocycles. The number of nitrogens with zero attached hydrogens (tertiary/aromatic N) is 1. The maximum absolute atomic E-state index is 11.8. The Morgan fingerprint density at radius 2 is 2.17 bits per heavy atom. The Kier molecular flexibility index (Phi) is 5.14. The molecule has 1 fully saturated rings. The summed E-state index contributed by atoms with van der Waals surface area (Å²) in [4.78, 5) is 18.6. The van der Waals surface area contributed by atoms with E-state index in [1.54, 1.807) is 0 Å². The second kappa shape index (κ2) is 6.18. The average molecular weight is 289 g/mol. The first kappa shape index (κ1) is 15.0. The van der Waals surface area contributed by atoms with Crippen LogP contribution in [0.15, 0.2) is 29.3 Å². The summed E-state index contributed by atoms with van der Waals surface area (Å²) in [5.74, 6) is 0. The number of rotatable bonds is 1. The summed E-state index contributed by atoms with van der Waals surface area (Å²) >= 11 is 0. The standard InChI is InChI=1S/C12H12N2O2.2ClH/c15-12-11-8(10-5-2-6-16-10)3-1-4-9(11)13-7-14-12;;/h1,3-4,7,10H,2,5-6H2,(H,13,14,15);2*1H. The predicted molar refractivity (Wildman–Crippen MR) is 74.8 cm³/mol. The maximum Gasteiger partial charge on any atom is 0.258 e. The van der Waals surface area contributed by atoms with E-state index in [1.807, 2.05) is 18.2 Å². The highest BCUT2D eigenvalue weighted by Gasteiger charge is 2.20. The second-order valence-electron chi connectivity index (χ2n) is 3.97. The summed E-state index contributed by atoms with van der Waals surface area (Å²) in [6, 6.07) is 5.73. The van der Waals surface area contributed by atoms with E-state index in [1.165, 1.54) is 6.33 Å². The van der Waals surface area contributed by atoms with E-state index in [9.17, 15) is 4.79 Å². The lowest BCUT2D eigenvalue weighted by Gasteiger charge is -2.11. The highest BCUT2D eigenvalue weighted by atomic mass is 35.5. The third-order valence-corrected chi connectivity index (χ3v) is 2.98. The van der Waals surface area contributed by atoms with Crippen molar-refractivity contribution in [2.24, 2.45) is 0 Å². The van der Waals surface area contributed by atoms with Crippen molar-refractivity contribution in [3.8, 4) is 0 Å². The first-order chi connectivity index (χ1) is 7.86. The van der Waals surface area contributed by atoms with Crippen molar-refractivity contribution in [2.75, 3.05) is 6.61 Å². The molecule has 1 N–H and O–H groups in total. The number of aromatic nitrogens is 2. The maximum atomic E-state index is 11.8. The van der Waals surface area contributed by atoms with Gasteiger partial charge in [0.25, 0.3) is 5.56 Å². The van der Waals surface area contributed by atoms with Crippen molar-refractivity contribution in [1.82, 2.24) is 9.97 Å². The Balaban J connectivity index is 0.000000810. The summed E-state index contributed by atoms with van der Waals surface area (Å²) in [5, 5.41) is 0.664. The molecule has 18 heavy (non-hydrogen) atoms. The van der Waals surface area contributed by atoms with E-state index in [2.05, 4.69) is 9.97 Å².